The van der Waals surface area contributed by atoms with Gasteiger partial charge in [-0.05, 0) is 55.4 Å². The van der Waals surface area contributed by atoms with Gasteiger partial charge in [0.05, 0.1) is 28.5 Å². The van der Waals surface area contributed by atoms with Crippen LogP contribution in [0.15, 0.2) is 40.8 Å². The molecule has 3 aromatic rings. The van der Waals surface area contributed by atoms with Gasteiger partial charge in [0, 0.05) is 24.0 Å². The van der Waals surface area contributed by atoms with Crippen LogP contribution in [0, 0.1) is 0 Å². The number of carbonyl (C=O) groups excluding carboxylic acids is 2. The molecule has 1 aliphatic carbocycles. The van der Waals surface area contributed by atoms with Gasteiger partial charge >= 0.3 is 6.03 Å². The van der Waals surface area contributed by atoms with Gasteiger partial charge in [-0.2, -0.15) is 0 Å². The minimum absolute atomic E-state index is 0.120. The van der Waals surface area contributed by atoms with Crippen molar-refractivity contribution in [1.82, 2.24) is 10.2 Å². The van der Waals surface area contributed by atoms with Crippen molar-refractivity contribution in [2.45, 2.75) is 76.4 Å². The van der Waals surface area contributed by atoms with E-state index >= 15 is 0 Å². The Labute approximate surface area is 234 Å². The van der Waals surface area contributed by atoms with Crippen molar-refractivity contribution >= 4 is 40.2 Å². The molecule has 1 aromatic heterocycles. The maximum absolute atomic E-state index is 13.6. The van der Waals surface area contributed by atoms with Crippen molar-refractivity contribution in [3.05, 3.63) is 63.9 Å². The largest absolute Gasteiger partial charge is 0.450 e. The quantitative estimate of drug-likeness (QED) is 0.339. The Bertz CT molecular complexity index is 1420. The van der Waals surface area contributed by atoms with E-state index in [1.807, 2.05) is 18.7 Å². The number of furan rings is 1. The van der Waals surface area contributed by atoms with Crippen LogP contribution >= 0.6 is 11.6 Å². The standard InChI is InChI=1S/C29H30ClN3O4.C2H6/c30-21-16-19-17-22(37-25(19)23-24(21)31-27(35)32-28(23)9-4-1-5-10-28)26(34)33-13-11-29(12-14-33)20-7-3-2-6-18(20)8-15-36-29;1-2/h2-3,6-7,16-17H,1,4-5,8-15H2,(H2,31,32,35);1-2H3. The summed E-state index contributed by atoms with van der Waals surface area (Å²) in [7, 11) is 0. The molecule has 4 heterocycles. The number of anilines is 1. The fourth-order valence-corrected chi connectivity index (χ4v) is 7.31. The Morgan fingerprint density at radius 3 is 2.54 bits per heavy atom. The summed E-state index contributed by atoms with van der Waals surface area (Å²) in [6, 6.07) is 11.9. The van der Waals surface area contributed by atoms with Gasteiger partial charge in [-0.15, -0.1) is 0 Å². The third-order valence-electron chi connectivity index (χ3n) is 8.86. The van der Waals surface area contributed by atoms with Gasteiger partial charge in [-0.3, -0.25) is 4.79 Å². The highest BCUT2D eigenvalue weighted by Gasteiger charge is 2.45. The van der Waals surface area contributed by atoms with Crippen molar-refractivity contribution in [3.8, 4) is 0 Å². The molecule has 2 fully saturated rings. The van der Waals surface area contributed by atoms with Gasteiger partial charge in [0.15, 0.2) is 5.76 Å². The monoisotopic (exact) mass is 549 g/mol. The summed E-state index contributed by atoms with van der Waals surface area (Å²) in [6.07, 6.45) is 7.26. The van der Waals surface area contributed by atoms with Crippen LogP contribution in [0.3, 0.4) is 0 Å². The molecule has 7 nitrogen and oxygen atoms in total. The zero-order valence-corrected chi connectivity index (χ0v) is 23.5. The number of hydrogen-bond acceptors (Lipinski definition) is 4. The molecule has 2 aromatic carbocycles. The van der Waals surface area contributed by atoms with Crippen molar-refractivity contribution in [3.63, 3.8) is 0 Å². The Morgan fingerprint density at radius 2 is 1.77 bits per heavy atom. The molecule has 7 rings (SSSR count). The van der Waals surface area contributed by atoms with Gasteiger partial charge in [0.1, 0.15) is 5.58 Å². The molecule has 2 N–H and O–H groups in total. The highest BCUT2D eigenvalue weighted by molar-refractivity contribution is 6.35. The van der Waals surface area contributed by atoms with Gasteiger partial charge in [-0.25, -0.2) is 4.79 Å². The highest BCUT2D eigenvalue weighted by Crippen LogP contribution is 2.49. The van der Waals surface area contributed by atoms with Crippen LogP contribution in [0.5, 0.6) is 0 Å². The second-order valence-corrected chi connectivity index (χ2v) is 11.3. The molecule has 0 unspecified atom stereocenters. The normalized spacial score (nSPS) is 20.9. The first-order valence-electron chi connectivity index (χ1n) is 14.4. The van der Waals surface area contributed by atoms with E-state index in [2.05, 4.69) is 34.9 Å². The third kappa shape index (κ3) is 4.30. The number of hydrogen-bond donors (Lipinski definition) is 2. The number of likely N-dealkylation sites (tertiary alicyclic amines) is 1. The molecular formula is C31H36ClN3O4. The molecule has 0 bridgehead atoms. The van der Waals surface area contributed by atoms with Crippen molar-refractivity contribution in [2.75, 3.05) is 25.0 Å². The predicted octanol–water partition coefficient (Wildman–Crippen LogP) is 7.11. The van der Waals surface area contributed by atoms with E-state index in [-0.39, 0.29) is 17.5 Å². The zero-order chi connectivity index (χ0) is 27.2. The van der Waals surface area contributed by atoms with E-state index in [4.69, 9.17) is 20.8 Å². The van der Waals surface area contributed by atoms with Gasteiger partial charge in [0.2, 0.25) is 0 Å². The fourth-order valence-electron chi connectivity index (χ4n) is 7.05. The van der Waals surface area contributed by atoms with Crippen LogP contribution in [-0.4, -0.2) is 36.5 Å². The fraction of sp³-hybridized carbons (Fsp3) is 0.484. The first-order valence-corrected chi connectivity index (χ1v) is 14.7. The van der Waals surface area contributed by atoms with E-state index in [1.165, 1.54) is 11.1 Å². The van der Waals surface area contributed by atoms with E-state index in [9.17, 15) is 9.59 Å². The van der Waals surface area contributed by atoms with Crippen LogP contribution in [0.4, 0.5) is 10.5 Å². The van der Waals surface area contributed by atoms with E-state index in [1.54, 1.807) is 12.1 Å². The number of piperidine rings is 1. The zero-order valence-electron chi connectivity index (χ0n) is 22.7. The van der Waals surface area contributed by atoms with Crippen LogP contribution in [0.25, 0.3) is 11.0 Å². The van der Waals surface area contributed by atoms with E-state index in [0.29, 0.717) is 41.7 Å². The summed E-state index contributed by atoms with van der Waals surface area (Å²) in [6.45, 7) is 5.92. The first kappa shape index (κ1) is 26.2. The number of rotatable bonds is 1. The Kier molecular flexibility index (Phi) is 6.84. The lowest BCUT2D eigenvalue weighted by Crippen LogP contribution is -2.52. The Morgan fingerprint density at radius 1 is 1.03 bits per heavy atom. The van der Waals surface area contributed by atoms with Crippen molar-refractivity contribution in [1.29, 1.82) is 0 Å². The average Bonchev–Trinajstić information content (AvgIpc) is 3.38. The lowest BCUT2D eigenvalue weighted by Gasteiger charge is -2.44. The Balaban J connectivity index is 0.00000135. The smallest absolute Gasteiger partial charge is 0.319 e. The van der Waals surface area contributed by atoms with Crippen LogP contribution in [0.2, 0.25) is 5.02 Å². The van der Waals surface area contributed by atoms with Crippen LogP contribution in [0.1, 0.15) is 86.0 Å². The number of urea groups is 1. The predicted molar refractivity (Wildman–Crippen MR) is 152 cm³/mol. The van der Waals surface area contributed by atoms with Crippen molar-refractivity contribution < 1.29 is 18.7 Å². The van der Waals surface area contributed by atoms with Crippen LogP contribution < -0.4 is 10.6 Å². The molecule has 1 saturated carbocycles. The molecule has 3 aliphatic heterocycles. The molecular weight excluding hydrogens is 514 g/mol. The molecule has 206 valence electrons. The molecule has 0 atom stereocenters. The minimum Gasteiger partial charge on any atom is -0.450 e. The molecule has 0 radical (unpaired) electrons. The number of carbonyl (C=O) groups is 2. The van der Waals surface area contributed by atoms with Gasteiger partial charge in [-0.1, -0.05) is 69.0 Å². The second kappa shape index (κ2) is 10.2. The number of halogens is 1. The lowest BCUT2D eigenvalue weighted by atomic mass is 9.74. The van der Waals surface area contributed by atoms with E-state index in [0.717, 1.165) is 62.3 Å². The maximum atomic E-state index is 13.6. The summed E-state index contributed by atoms with van der Waals surface area (Å²) in [5.74, 6) is 0.189. The SMILES string of the molecule is CC.O=C1Nc2c(Cl)cc3cc(C(=O)N4CCC5(CC4)OCCc4ccccc45)oc3c2C2(CCCCC2)N1. The number of fused-ring (bicyclic) bond motifs is 6. The number of amides is 3. The third-order valence-corrected chi connectivity index (χ3v) is 9.16. The summed E-state index contributed by atoms with van der Waals surface area (Å²) in [4.78, 5) is 28.0. The topological polar surface area (TPSA) is 83.8 Å². The molecule has 39 heavy (non-hydrogen) atoms. The molecule has 8 heteroatoms. The molecule has 4 aliphatic rings. The Hall–Kier alpha value is -3.03. The van der Waals surface area contributed by atoms with Crippen molar-refractivity contribution in [2.24, 2.45) is 0 Å². The molecule has 3 amide bonds. The summed E-state index contributed by atoms with van der Waals surface area (Å²) >= 11 is 6.66. The molecule has 2 spiro atoms. The average molecular weight is 550 g/mol. The van der Waals surface area contributed by atoms with Crippen LogP contribution in [-0.2, 0) is 22.3 Å². The molecule has 1 saturated heterocycles. The maximum Gasteiger partial charge on any atom is 0.319 e. The highest BCUT2D eigenvalue weighted by atomic mass is 35.5. The van der Waals surface area contributed by atoms with Gasteiger partial charge < -0.3 is 24.7 Å². The van der Waals surface area contributed by atoms with E-state index < -0.39 is 5.54 Å². The lowest BCUT2D eigenvalue weighted by molar-refractivity contribution is -0.0936. The number of benzene rings is 2. The summed E-state index contributed by atoms with van der Waals surface area (Å²) in [5, 5.41) is 7.31. The number of ether oxygens (including phenoxy) is 1. The first-order chi connectivity index (χ1) is 19.0. The summed E-state index contributed by atoms with van der Waals surface area (Å²) in [5.41, 5.74) is 3.88. The second-order valence-electron chi connectivity index (χ2n) is 10.9. The number of nitrogens with one attached hydrogen (secondary N) is 2. The summed E-state index contributed by atoms with van der Waals surface area (Å²) < 4.78 is 12.7. The minimum atomic E-state index is -0.527. The van der Waals surface area contributed by atoms with Gasteiger partial charge in [0.25, 0.3) is 5.91 Å². The number of nitrogens with zero attached hydrogens (tertiary/aromatic N) is 1.